The smallest absolute Gasteiger partial charge is 0.338 e. The molecule has 0 bridgehead atoms. The predicted molar refractivity (Wildman–Crippen MR) is 80.8 cm³/mol. The van der Waals surface area contributed by atoms with Crippen molar-refractivity contribution in [1.29, 1.82) is 0 Å². The molecule has 0 amide bonds. The molecule has 0 heterocycles. The molecule has 0 rings (SSSR count). The van der Waals surface area contributed by atoms with E-state index in [0.29, 0.717) is 26.4 Å². The van der Waals surface area contributed by atoms with Gasteiger partial charge in [-0.05, 0) is 12.1 Å². The van der Waals surface area contributed by atoms with Gasteiger partial charge >= 0.3 is 8.56 Å². The third-order valence-electron chi connectivity index (χ3n) is 3.13. The lowest BCUT2D eigenvalue weighted by Gasteiger charge is -2.31. The first-order chi connectivity index (χ1) is 9.24. The predicted octanol–water partition coefficient (Wildman–Crippen LogP) is 3.35. The van der Waals surface area contributed by atoms with Crippen LogP contribution in [0, 0.1) is 0 Å². The molecule has 0 unspecified atom stereocenters. The van der Waals surface area contributed by atoms with Crippen LogP contribution in [0.2, 0.25) is 12.1 Å². The topological polar surface area (TPSA) is 36.9 Å². The van der Waals surface area contributed by atoms with E-state index in [9.17, 15) is 0 Å². The van der Waals surface area contributed by atoms with Gasteiger partial charge in [0.2, 0.25) is 0 Å². The maximum atomic E-state index is 6.16. The zero-order chi connectivity index (χ0) is 14.4. The summed E-state index contributed by atoms with van der Waals surface area (Å²) >= 11 is 0. The number of unbranched alkanes of at least 4 members (excludes halogenated alkanes) is 2. The van der Waals surface area contributed by atoms with Crippen LogP contribution in [0.25, 0.3) is 0 Å². The summed E-state index contributed by atoms with van der Waals surface area (Å²) in [6.45, 7) is 6.99. The van der Waals surface area contributed by atoms with Crippen molar-refractivity contribution in [3.05, 3.63) is 0 Å². The first-order valence-electron chi connectivity index (χ1n) is 7.50. The standard InChI is InChI=1S/C14H32O4Si/c1-5-7-13-19(14-8-6-2,17-11-9-15-3)18-12-10-16-4/h5-14H2,1-4H3. The zero-order valence-electron chi connectivity index (χ0n) is 13.2. The van der Waals surface area contributed by atoms with Gasteiger partial charge in [-0.25, -0.2) is 0 Å². The Kier molecular flexibility index (Phi) is 13.1. The second-order valence-electron chi connectivity index (χ2n) is 4.80. The van der Waals surface area contributed by atoms with Crippen molar-refractivity contribution in [2.45, 2.75) is 51.6 Å². The van der Waals surface area contributed by atoms with Gasteiger partial charge in [-0.2, -0.15) is 0 Å². The Morgan fingerprint density at radius 1 is 0.684 bits per heavy atom. The van der Waals surface area contributed by atoms with Crippen molar-refractivity contribution in [2.24, 2.45) is 0 Å². The fraction of sp³-hybridized carbons (Fsp3) is 1.00. The molecule has 0 fully saturated rings. The van der Waals surface area contributed by atoms with Crippen molar-refractivity contribution >= 4 is 8.56 Å². The molecule has 0 saturated carbocycles. The van der Waals surface area contributed by atoms with Gasteiger partial charge in [-0.1, -0.05) is 39.5 Å². The molecule has 0 aliphatic carbocycles. The third kappa shape index (κ3) is 9.57. The van der Waals surface area contributed by atoms with E-state index < -0.39 is 8.56 Å². The minimum Gasteiger partial charge on any atom is -0.392 e. The van der Waals surface area contributed by atoms with E-state index in [1.54, 1.807) is 14.2 Å². The Bertz CT molecular complexity index is 170. The molecule has 0 atom stereocenters. The highest BCUT2D eigenvalue weighted by Gasteiger charge is 2.36. The molecule has 19 heavy (non-hydrogen) atoms. The van der Waals surface area contributed by atoms with Gasteiger partial charge in [-0.3, -0.25) is 0 Å². The van der Waals surface area contributed by atoms with E-state index >= 15 is 0 Å². The molecule has 0 aliphatic rings. The summed E-state index contributed by atoms with van der Waals surface area (Å²) in [6, 6.07) is 2.16. The first-order valence-corrected chi connectivity index (χ1v) is 9.73. The van der Waals surface area contributed by atoms with E-state index in [4.69, 9.17) is 18.3 Å². The average Bonchev–Trinajstić information content (AvgIpc) is 2.43. The molecule has 4 nitrogen and oxygen atoms in total. The van der Waals surface area contributed by atoms with Gasteiger partial charge in [0.1, 0.15) is 0 Å². The monoisotopic (exact) mass is 292 g/mol. The lowest BCUT2D eigenvalue weighted by atomic mass is 10.4. The SMILES string of the molecule is CCCC[Si](CCCC)(OCCOC)OCCOC. The highest BCUT2D eigenvalue weighted by atomic mass is 28.4. The van der Waals surface area contributed by atoms with E-state index in [-0.39, 0.29) is 0 Å². The fourth-order valence-corrected chi connectivity index (χ4v) is 5.58. The molecule has 0 aliphatic heterocycles. The lowest BCUT2D eigenvalue weighted by molar-refractivity contribution is 0.0850. The number of ether oxygens (including phenoxy) is 2. The molecule has 0 N–H and O–H groups in total. The molecule has 116 valence electrons. The van der Waals surface area contributed by atoms with Gasteiger partial charge in [-0.15, -0.1) is 0 Å². The van der Waals surface area contributed by atoms with Gasteiger partial charge < -0.3 is 18.3 Å². The average molecular weight is 292 g/mol. The van der Waals surface area contributed by atoms with Crippen LogP contribution in [-0.2, 0) is 18.3 Å². The van der Waals surface area contributed by atoms with Crippen LogP contribution in [0.15, 0.2) is 0 Å². The number of hydrogen-bond acceptors (Lipinski definition) is 4. The maximum Gasteiger partial charge on any atom is 0.338 e. The summed E-state index contributed by atoms with van der Waals surface area (Å²) in [7, 11) is 1.34. The highest BCUT2D eigenvalue weighted by molar-refractivity contribution is 6.67. The lowest BCUT2D eigenvalue weighted by Crippen LogP contribution is -2.43. The van der Waals surface area contributed by atoms with Crippen molar-refractivity contribution in [3.63, 3.8) is 0 Å². The number of hydrogen-bond donors (Lipinski definition) is 0. The summed E-state index contributed by atoms with van der Waals surface area (Å²) in [5.41, 5.74) is 0. The summed E-state index contributed by atoms with van der Waals surface area (Å²) in [4.78, 5) is 0. The van der Waals surface area contributed by atoms with Crippen molar-refractivity contribution in [2.75, 3.05) is 40.6 Å². The van der Waals surface area contributed by atoms with E-state index in [2.05, 4.69) is 13.8 Å². The summed E-state index contributed by atoms with van der Waals surface area (Å²) in [5, 5.41) is 0. The van der Waals surface area contributed by atoms with E-state index in [0.717, 1.165) is 12.1 Å². The quantitative estimate of drug-likeness (QED) is 0.363. The van der Waals surface area contributed by atoms with E-state index in [1.165, 1.54) is 25.7 Å². The second kappa shape index (κ2) is 13.1. The summed E-state index contributed by atoms with van der Waals surface area (Å²) < 4.78 is 22.5. The summed E-state index contributed by atoms with van der Waals surface area (Å²) in [5.74, 6) is 0. The minimum atomic E-state index is -2.07. The van der Waals surface area contributed by atoms with Crippen molar-refractivity contribution < 1.29 is 18.3 Å². The largest absolute Gasteiger partial charge is 0.392 e. The van der Waals surface area contributed by atoms with Gasteiger partial charge in [0, 0.05) is 14.2 Å². The Morgan fingerprint density at radius 2 is 1.11 bits per heavy atom. The molecule has 5 heteroatoms. The summed E-state index contributed by atoms with van der Waals surface area (Å²) in [6.07, 6.45) is 4.72. The number of rotatable bonds is 14. The van der Waals surface area contributed by atoms with Crippen molar-refractivity contribution in [3.8, 4) is 0 Å². The molecule has 0 saturated heterocycles. The molecule has 0 spiro atoms. The Hall–Kier alpha value is 0.0569. The molecular formula is C14H32O4Si. The highest BCUT2D eigenvalue weighted by Crippen LogP contribution is 2.24. The van der Waals surface area contributed by atoms with Crippen LogP contribution >= 0.6 is 0 Å². The molecule has 0 radical (unpaired) electrons. The second-order valence-corrected chi connectivity index (χ2v) is 8.20. The van der Waals surface area contributed by atoms with Gasteiger partial charge in [0.05, 0.1) is 26.4 Å². The van der Waals surface area contributed by atoms with Gasteiger partial charge in [0.15, 0.2) is 0 Å². The number of methoxy groups -OCH3 is 2. The Balaban J connectivity index is 4.44. The van der Waals surface area contributed by atoms with Crippen LogP contribution in [0.1, 0.15) is 39.5 Å². The normalized spacial score (nSPS) is 12.0. The molecule has 0 aromatic carbocycles. The van der Waals surface area contributed by atoms with Crippen LogP contribution < -0.4 is 0 Å². The van der Waals surface area contributed by atoms with Crippen LogP contribution in [-0.4, -0.2) is 49.2 Å². The minimum absolute atomic E-state index is 0.640. The third-order valence-corrected chi connectivity index (χ3v) is 6.82. The maximum absolute atomic E-state index is 6.16. The fourth-order valence-electron chi connectivity index (χ4n) is 1.97. The Labute approximate surface area is 120 Å². The van der Waals surface area contributed by atoms with Gasteiger partial charge in [0.25, 0.3) is 0 Å². The Morgan fingerprint density at radius 3 is 1.42 bits per heavy atom. The van der Waals surface area contributed by atoms with Crippen molar-refractivity contribution in [1.82, 2.24) is 0 Å². The van der Waals surface area contributed by atoms with E-state index in [1.807, 2.05) is 0 Å². The van der Waals surface area contributed by atoms with Crippen LogP contribution in [0.5, 0.6) is 0 Å². The molecular weight excluding hydrogens is 260 g/mol. The first kappa shape index (κ1) is 19.1. The molecule has 0 aromatic heterocycles. The molecule has 0 aromatic rings. The van der Waals surface area contributed by atoms with Crippen LogP contribution in [0.3, 0.4) is 0 Å². The zero-order valence-corrected chi connectivity index (χ0v) is 14.2. The van der Waals surface area contributed by atoms with Crippen LogP contribution in [0.4, 0.5) is 0 Å².